The van der Waals surface area contributed by atoms with E-state index in [0.717, 1.165) is 44.3 Å². The second-order valence-electron chi connectivity index (χ2n) is 19.1. The van der Waals surface area contributed by atoms with Gasteiger partial charge in [-0.05, 0) is 80.6 Å². The number of fused-ring (bicyclic) bond motifs is 2. The Bertz CT molecular complexity index is 2670. The molecule has 5 aromatic rings. The number of ether oxygens (including phenoxy) is 4. The summed E-state index contributed by atoms with van der Waals surface area (Å²) in [5.41, 5.74) is 21.9. The third-order valence-corrected chi connectivity index (χ3v) is 13.7. The largest absolute Gasteiger partial charge is 1.00 e. The summed E-state index contributed by atoms with van der Waals surface area (Å²) in [7, 11) is -2.94. The van der Waals surface area contributed by atoms with E-state index in [1.54, 1.807) is 20.6 Å². The summed E-state index contributed by atoms with van der Waals surface area (Å²) in [6.07, 6.45) is 4.01. The number of sulfonamides is 1. The Balaban J connectivity index is 0.000000460. The summed E-state index contributed by atoms with van der Waals surface area (Å²) in [6.45, 7) is 27.2. The summed E-state index contributed by atoms with van der Waals surface area (Å²) >= 11 is 12.1. The predicted octanol–water partition coefficient (Wildman–Crippen LogP) is 7.81. The SMILES string of the molecule is CC(C)c1cc(Cl)cc(C(C)C)c1N.CC(C)c1cc(Cl)cc(C(C)C)c1N[C-]=O.CC(C)c1cccc(C(C)C)c1N.CO[C@H]1COc2c(S(N)(=O)=O)cnn2C1.CO[C@H]1COc2c([S-](=O)=O)cnn2C1.N.[Na+]. The van der Waals surface area contributed by atoms with Gasteiger partial charge in [0.1, 0.15) is 25.4 Å². The fourth-order valence-corrected chi connectivity index (χ4v) is 9.19. The number of nitrogens with two attached hydrogens (primary N) is 3. The zero-order valence-corrected chi connectivity index (χ0v) is 50.8. The minimum Gasteiger partial charge on any atom is -0.490 e. The van der Waals surface area contributed by atoms with E-state index >= 15 is 0 Å². The smallest absolute Gasteiger partial charge is 0.490 e. The fraction of sp³-hybridized carbons (Fsp3) is 0.510. The Morgan fingerprint density at radius 3 is 1.41 bits per heavy atom. The van der Waals surface area contributed by atoms with Crippen molar-refractivity contribution in [3.63, 3.8) is 0 Å². The molecule has 10 N–H and O–H groups in total. The molecule has 74 heavy (non-hydrogen) atoms. The van der Waals surface area contributed by atoms with Crippen molar-refractivity contribution in [2.24, 2.45) is 5.14 Å². The molecule has 7 rings (SSSR count). The van der Waals surface area contributed by atoms with Crippen molar-refractivity contribution in [2.75, 3.05) is 44.2 Å². The van der Waals surface area contributed by atoms with E-state index < -0.39 is 20.7 Å². The second-order valence-corrected chi connectivity index (χ2v) is 22.4. The van der Waals surface area contributed by atoms with Crippen LogP contribution in [-0.2, 0) is 56.5 Å². The van der Waals surface area contributed by atoms with Gasteiger partial charge >= 0.3 is 29.6 Å². The van der Waals surface area contributed by atoms with E-state index in [9.17, 15) is 21.6 Å². The van der Waals surface area contributed by atoms with E-state index in [0.29, 0.717) is 72.7 Å². The zero-order chi connectivity index (χ0) is 54.4. The number of aromatic nitrogens is 4. The molecule has 0 fully saturated rings. The van der Waals surface area contributed by atoms with Gasteiger partial charge in [0.25, 0.3) is 0 Å². The fourth-order valence-electron chi connectivity index (χ4n) is 7.68. The number of amides is 1. The van der Waals surface area contributed by atoms with Crippen LogP contribution in [0, 0.1) is 0 Å². The van der Waals surface area contributed by atoms with Crippen LogP contribution in [0.3, 0.4) is 0 Å². The maximum absolute atomic E-state index is 11.1. The molecular formula is C51H77Cl2N9NaO9S2-. The topological polar surface area (TPSA) is 283 Å². The van der Waals surface area contributed by atoms with Crippen LogP contribution in [-0.4, -0.2) is 74.0 Å². The second kappa shape index (κ2) is 31.3. The van der Waals surface area contributed by atoms with E-state index in [1.807, 2.05) is 24.3 Å². The monoisotopic (exact) mass is 1120 g/mol. The minimum absolute atomic E-state index is 0. The van der Waals surface area contributed by atoms with Crippen LogP contribution in [0.25, 0.3) is 0 Å². The number of methoxy groups -OCH3 is 2. The van der Waals surface area contributed by atoms with Crippen LogP contribution >= 0.6 is 23.2 Å². The van der Waals surface area contributed by atoms with Gasteiger partial charge in [0.2, 0.25) is 15.9 Å². The molecule has 4 heterocycles. The standard InChI is InChI=1S/C13H17ClNO.C12H18ClN.C12H19N.C7H11N3O4S.C7H9N2O4S.H3N.Na/c1-8(2)11-5-10(14)6-12(9(3)4)13(11)15-7-16;1-7(2)10-5-9(13)6-11(8(3)4)12(10)14;1-8(2)10-6-5-7-11(9(3)4)12(10)13;1-13-5-3-10-7(14-4-5)6(2-9-10)15(8,11)12;1-12-5-3-9-7(13-4-5)6(2-8-9)14(10)11;;/h5-6,8-9H,1-4H3,(H,15,16);5-8H,14H2,1-4H3;5-9H,13H2,1-4H3;2,5H,3-4H2,1H3,(H2,8,11,12);2,5H,3-4H2,1H3;1H3;/q-1;;;;-1;;+1/t;;;2*5-;;/m...11../s1. The van der Waals surface area contributed by atoms with Crippen LogP contribution in [0.15, 0.2) is 64.6 Å². The van der Waals surface area contributed by atoms with Crippen molar-refractivity contribution in [3.05, 3.63) is 98.3 Å². The molecule has 2 aliphatic rings. The molecule has 0 saturated carbocycles. The van der Waals surface area contributed by atoms with E-state index in [-0.39, 0.29) is 63.6 Å². The number of hydrogen-bond donors (Lipinski definition) is 5. The Labute approximate surface area is 472 Å². The third-order valence-electron chi connectivity index (χ3n) is 11.7. The molecule has 0 saturated heterocycles. The van der Waals surface area contributed by atoms with Crippen molar-refractivity contribution in [3.8, 4) is 11.8 Å². The van der Waals surface area contributed by atoms with Gasteiger partial charge in [-0.15, -0.1) is 16.8 Å². The number of rotatable bonds is 12. The number of benzene rings is 3. The van der Waals surface area contributed by atoms with Gasteiger partial charge in [-0.1, -0.05) is 137 Å². The Morgan fingerprint density at radius 2 is 1.04 bits per heavy atom. The maximum Gasteiger partial charge on any atom is 1.00 e. The summed E-state index contributed by atoms with van der Waals surface area (Å²) in [5, 5.41) is 16.9. The number of nitrogens with one attached hydrogen (secondary N) is 1. The first kappa shape index (κ1) is 68.1. The number of carbonyl (C=O) groups excluding carboxylic acids is 1. The first-order chi connectivity index (χ1) is 33.7. The third kappa shape index (κ3) is 19.0. The van der Waals surface area contributed by atoms with Crippen LogP contribution in [0.5, 0.6) is 11.8 Å². The molecule has 0 spiro atoms. The molecule has 23 heteroatoms. The summed E-state index contributed by atoms with van der Waals surface area (Å²) in [5.74, 6) is 2.98. The van der Waals surface area contributed by atoms with Crippen molar-refractivity contribution >= 4 is 67.4 Å². The summed E-state index contributed by atoms with van der Waals surface area (Å²) < 4.78 is 67.3. The zero-order valence-electron chi connectivity index (χ0n) is 45.6. The van der Waals surface area contributed by atoms with Crippen molar-refractivity contribution < 1.29 is 70.1 Å². The molecule has 2 aliphatic heterocycles. The average Bonchev–Trinajstić information content (AvgIpc) is 3.95. The molecule has 408 valence electrons. The number of nitrogen functional groups attached to an aromatic ring is 2. The molecule has 2 aromatic heterocycles. The molecule has 0 aliphatic carbocycles. The van der Waals surface area contributed by atoms with Gasteiger partial charge in [-0.25, -0.2) is 22.9 Å². The molecule has 3 aromatic carbocycles. The normalized spacial score (nSPS) is 14.6. The van der Waals surface area contributed by atoms with Crippen molar-refractivity contribution in [1.82, 2.24) is 25.7 Å². The minimum atomic E-state index is -3.77. The van der Waals surface area contributed by atoms with E-state index in [4.69, 9.17) is 58.8 Å². The van der Waals surface area contributed by atoms with E-state index in [1.165, 1.54) is 32.9 Å². The summed E-state index contributed by atoms with van der Waals surface area (Å²) in [6, 6.07) is 14.1. The first-order valence-corrected chi connectivity index (χ1v) is 27.0. The van der Waals surface area contributed by atoms with Gasteiger partial charge in [-0.2, -0.15) is 10.2 Å². The molecule has 18 nitrogen and oxygen atoms in total. The van der Waals surface area contributed by atoms with Gasteiger partial charge in [0, 0.05) is 46.7 Å². The summed E-state index contributed by atoms with van der Waals surface area (Å²) in [4.78, 5) is 10.6. The molecule has 2 atom stereocenters. The molecule has 0 unspecified atom stereocenters. The molecule has 1 amide bonds. The molecule has 0 bridgehead atoms. The van der Waals surface area contributed by atoms with Crippen molar-refractivity contribution in [1.29, 1.82) is 0 Å². The van der Waals surface area contributed by atoms with Gasteiger partial charge in [0.05, 0.1) is 25.7 Å². The van der Waals surface area contributed by atoms with Gasteiger partial charge in [0.15, 0.2) is 10.8 Å². The number of anilines is 3. The van der Waals surface area contributed by atoms with Crippen molar-refractivity contribution in [2.45, 2.75) is 154 Å². The van der Waals surface area contributed by atoms with E-state index in [2.05, 4.69) is 117 Å². The number of nitrogens with zero attached hydrogens (tertiary/aromatic N) is 4. The van der Waals surface area contributed by atoms with Crippen LogP contribution in [0.4, 0.5) is 17.1 Å². The molecule has 0 radical (unpaired) electrons. The van der Waals surface area contributed by atoms with Crippen LogP contribution < -0.4 is 67.1 Å². The molecular weight excluding hydrogens is 1040 g/mol. The Kier molecular flexibility index (Phi) is 28.8. The average molecular weight is 1120 g/mol. The number of hydrogen-bond acceptors (Lipinski definition) is 15. The predicted molar refractivity (Wildman–Crippen MR) is 292 cm³/mol. The van der Waals surface area contributed by atoms with Gasteiger partial charge < -0.3 is 55.1 Å². The number of halogens is 2. The Hall–Kier alpha value is -3.93. The number of para-hydroxylation sites is 1. The van der Waals surface area contributed by atoms with Crippen LogP contribution in [0.1, 0.15) is 152 Å². The number of primary sulfonamides is 1. The quantitative estimate of drug-likeness (QED) is 0.0262. The van der Waals surface area contributed by atoms with Crippen LogP contribution in [0.2, 0.25) is 10.0 Å². The van der Waals surface area contributed by atoms with Gasteiger partial charge in [-0.3, -0.25) is 0 Å². The first-order valence-electron chi connectivity index (χ1n) is 23.7. The Morgan fingerprint density at radius 1 is 0.676 bits per heavy atom. The maximum atomic E-state index is 11.1.